The number of nitrogens with one attached hydrogen (secondary N) is 1. The molecule has 25 heavy (non-hydrogen) atoms. The van der Waals surface area contributed by atoms with Gasteiger partial charge in [0.15, 0.2) is 6.17 Å². The van der Waals surface area contributed by atoms with Crippen LogP contribution >= 0.6 is 0 Å². The Kier molecular flexibility index (Phi) is 4.03. The molecule has 4 rings (SSSR count). The van der Waals surface area contributed by atoms with E-state index >= 15 is 0 Å². The molecule has 6 heteroatoms. The molecule has 0 aliphatic carbocycles. The van der Waals surface area contributed by atoms with Crippen molar-refractivity contribution in [3.8, 4) is 5.75 Å². The lowest BCUT2D eigenvalue weighted by atomic mass is 10.0. The summed E-state index contributed by atoms with van der Waals surface area (Å²) >= 11 is 0. The minimum absolute atomic E-state index is 0.0875. The number of ether oxygens (including phenoxy) is 1. The number of alkyl halides is 1. The fraction of sp³-hybridized carbons (Fsp3) is 0.368. The zero-order valence-corrected chi connectivity index (χ0v) is 14.0. The molecule has 3 heterocycles. The molecule has 2 aliphatic heterocycles. The second kappa shape index (κ2) is 6.35. The molecule has 0 spiro atoms. The number of aryl methyl sites for hydroxylation is 1. The summed E-state index contributed by atoms with van der Waals surface area (Å²) in [5.74, 6) is 1.37. The van der Waals surface area contributed by atoms with Gasteiger partial charge in [-0.25, -0.2) is 9.37 Å². The van der Waals surface area contributed by atoms with E-state index in [-0.39, 0.29) is 12.5 Å². The molecule has 2 aliphatic rings. The van der Waals surface area contributed by atoms with Crippen molar-refractivity contribution < 1.29 is 13.9 Å². The van der Waals surface area contributed by atoms with Crippen LogP contribution in [0.3, 0.4) is 0 Å². The summed E-state index contributed by atoms with van der Waals surface area (Å²) in [6.07, 6.45) is -0.953. The average molecular weight is 341 g/mol. The summed E-state index contributed by atoms with van der Waals surface area (Å²) in [6.45, 7) is 3.26. The van der Waals surface area contributed by atoms with Gasteiger partial charge >= 0.3 is 0 Å². The van der Waals surface area contributed by atoms with Crippen LogP contribution in [0.25, 0.3) is 0 Å². The highest BCUT2D eigenvalue weighted by Crippen LogP contribution is 2.28. The molecule has 1 aromatic carbocycles. The van der Waals surface area contributed by atoms with E-state index in [1.807, 2.05) is 48.2 Å². The van der Waals surface area contributed by atoms with Gasteiger partial charge in [0.2, 0.25) is 0 Å². The Morgan fingerprint density at radius 3 is 2.88 bits per heavy atom. The van der Waals surface area contributed by atoms with Crippen molar-refractivity contribution >= 4 is 11.7 Å². The van der Waals surface area contributed by atoms with Gasteiger partial charge in [-0.1, -0.05) is 18.2 Å². The number of fused-ring (bicyclic) bond motifs is 1. The normalized spacial score (nSPS) is 22.5. The first-order valence-corrected chi connectivity index (χ1v) is 8.51. The molecule has 1 N–H and O–H groups in total. The Labute approximate surface area is 145 Å². The molecule has 0 bridgehead atoms. The highest BCUT2D eigenvalue weighted by atomic mass is 19.1. The number of pyridine rings is 1. The van der Waals surface area contributed by atoms with Crippen LogP contribution in [-0.2, 0) is 6.54 Å². The number of carbonyl (C=O) groups excluding carboxylic acids is 1. The number of amides is 1. The SMILES string of the molecule is Cc1cc2c(nc1N1CC[C@@H](Oc3ccccc3)[C@@H](F)C1)CNC2=O. The van der Waals surface area contributed by atoms with Crippen molar-refractivity contribution in [2.45, 2.75) is 32.2 Å². The van der Waals surface area contributed by atoms with Crippen molar-refractivity contribution in [3.05, 3.63) is 53.2 Å². The number of carbonyl (C=O) groups is 1. The number of benzene rings is 1. The van der Waals surface area contributed by atoms with E-state index in [0.717, 1.165) is 17.1 Å². The maximum atomic E-state index is 14.7. The van der Waals surface area contributed by atoms with Crippen LogP contribution in [-0.4, -0.2) is 36.3 Å². The topological polar surface area (TPSA) is 54.5 Å². The number of para-hydroxylation sites is 1. The molecule has 0 unspecified atom stereocenters. The molecule has 130 valence electrons. The lowest BCUT2D eigenvalue weighted by Crippen LogP contribution is -2.47. The molecule has 2 aromatic rings. The van der Waals surface area contributed by atoms with Crippen LogP contribution in [0.2, 0.25) is 0 Å². The minimum Gasteiger partial charge on any atom is -0.487 e. The molecule has 2 atom stereocenters. The van der Waals surface area contributed by atoms with Gasteiger partial charge in [0.25, 0.3) is 5.91 Å². The summed E-state index contributed by atoms with van der Waals surface area (Å²) < 4.78 is 20.5. The highest BCUT2D eigenvalue weighted by Gasteiger charge is 2.33. The maximum Gasteiger partial charge on any atom is 0.253 e. The van der Waals surface area contributed by atoms with Crippen LogP contribution in [0.1, 0.15) is 28.0 Å². The Hall–Kier alpha value is -2.63. The Balaban J connectivity index is 1.49. The summed E-state index contributed by atoms with van der Waals surface area (Å²) in [5.41, 5.74) is 2.26. The number of piperidine rings is 1. The van der Waals surface area contributed by atoms with Crippen molar-refractivity contribution in [3.63, 3.8) is 0 Å². The van der Waals surface area contributed by atoms with E-state index in [2.05, 4.69) is 10.3 Å². The van der Waals surface area contributed by atoms with Crippen molar-refractivity contribution in [1.82, 2.24) is 10.3 Å². The van der Waals surface area contributed by atoms with Gasteiger partial charge in [-0.2, -0.15) is 0 Å². The van der Waals surface area contributed by atoms with Crippen LogP contribution in [0, 0.1) is 6.92 Å². The molecule has 1 aromatic heterocycles. The molecule has 1 amide bonds. The van der Waals surface area contributed by atoms with Gasteiger partial charge in [0.1, 0.15) is 17.7 Å². The molecule has 1 fully saturated rings. The molecular weight excluding hydrogens is 321 g/mol. The standard InChI is InChI=1S/C19H20FN3O2/c1-12-9-14-16(10-21-19(14)24)22-18(12)23-8-7-17(15(20)11-23)25-13-5-3-2-4-6-13/h2-6,9,15,17H,7-8,10-11H2,1H3,(H,21,24)/t15-,17+/m0/s1. The monoisotopic (exact) mass is 341 g/mol. The molecule has 5 nitrogen and oxygen atoms in total. The summed E-state index contributed by atoms with van der Waals surface area (Å²) in [6, 6.07) is 11.2. The first-order valence-electron chi connectivity index (χ1n) is 8.51. The largest absolute Gasteiger partial charge is 0.487 e. The van der Waals surface area contributed by atoms with Crippen molar-refractivity contribution in [2.24, 2.45) is 0 Å². The highest BCUT2D eigenvalue weighted by molar-refractivity contribution is 5.98. The van der Waals surface area contributed by atoms with Gasteiger partial charge in [0.05, 0.1) is 24.3 Å². The third kappa shape index (κ3) is 3.04. The van der Waals surface area contributed by atoms with Crippen LogP contribution in [0.4, 0.5) is 10.2 Å². The number of anilines is 1. The third-order valence-corrected chi connectivity index (χ3v) is 4.74. The Bertz CT molecular complexity index is 797. The quantitative estimate of drug-likeness (QED) is 0.932. The van der Waals surface area contributed by atoms with E-state index in [9.17, 15) is 9.18 Å². The van der Waals surface area contributed by atoms with E-state index in [1.54, 1.807) is 0 Å². The van der Waals surface area contributed by atoms with Crippen molar-refractivity contribution in [2.75, 3.05) is 18.0 Å². The zero-order valence-electron chi connectivity index (χ0n) is 14.0. The third-order valence-electron chi connectivity index (χ3n) is 4.74. The van der Waals surface area contributed by atoms with Crippen molar-refractivity contribution in [1.29, 1.82) is 0 Å². The number of nitrogens with zero attached hydrogens (tertiary/aromatic N) is 2. The number of hydrogen-bond acceptors (Lipinski definition) is 4. The van der Waals surface area contributed by atoms with Gasteiger partial charge in [0, 0.05) is 13.0 Å². The number of halogens is 1. The Morgan fingerprint density at radius 1 is 1.32 bits per heavy atom. The molecule has 0 radical (unpaired) electrons. The average Bonchev–Trinajstić information content (AvgIpc) is 2.97. The maximum absolute atomic E-state index is 14.7. The number of rotatable bonds is 3. The minimum atomic E-state index is -1.09. The summed E-state index contributed by atoms with van der Waals surface area (Å²) in [7, 11) is 0. The van der Waals surface area contributed by atoms with Gasteiger partial charge in [-0.15, -0.1) is 0 Å². The first-order chi connectivity index (χ1) is 12.1. The van der Waals surface area contributed by atoms with E-state index in [1.165, 1.54) is 0 Å². The number of aromatic nitrogens is 1. The smallest absolute Gasteiger partial charge is 0.253 e. The summed E-state index contributed by atoms with van der Waals surface area (Å²) in [4.78, 5) is 18.3. The fourth-order valence-electron chi connectivity index (χ4n) is 3.43. The first kappa shape index (κ1) is 15.9. The lowest BCUT2D eigenvalue weighted by molar-refractivity contribution is 0.0819. The molecular formula is C19H20FN3O2. The van der Waals surface area contributed by atoms with Crippen LogP contribution < -0.4 is 15.0 Å². The second-order valence-corrected chi connectivity index (χ2v) is 6.53. The summed E-state index contributed by atoms with van der Waals surface area (Å²) in [5, 5.41) is 2.77. The second-order valence-electron chi connectivity index (χ2n) is 6.53. The number of hydrogen-bond donors (Lipinski definition) is 1. The van der Waals surface area contributed by atoms with E-state index in [4.69, 9.17) is 4.74 Å². The van der Waals surface area contributed by atoms with Crippen LogP contribution in [0.15, 0.2) is 36.4 Å². The van der Waals surface area contributed by atoms with E-state index < -0.39 is 12.3 Å². The lowest BCUT2D eigenvalue weighted by Gasteiger charge is -2.36. The van der Waals surface area contributed by atoms with Gasteiger partial charge in [-0.05, 0) is 30.7 Å². The fourth-order valence-corrected chi connectivity index (χ4v) is 3.43. The molecule has 1 saturated heterocycles. The predicted molar refractivity (Wildman–Crippen MR) is 92.7 cm³/mol. The van der Waals surface area contributed by atoms with Gasteiger partial charge in [-0.3, -0.25) is 4.79 Å². The zero-order chi connectivity index (χ0) is 17.4. The molecule has 0 saturated carbocycles. The van der Waals surface area contributed by atoms with Crippen LogP contribution in [0.5, 0.6) is 5.75 Å². The predicted octanol–water partition coefficient (Wildman–Crippen LogP) is 2.63. The Morgan fingerprint density at radius 2 is 2.12 bits per heavy atom. The van der Waals surface area contributed by atoms with Gasteiger partial charge < -0.3 is 15.0 Å². The van der Waals surface area contributed by atoms with E-state index in [0.29, 0.717) is 30.8 Å².